The zero-order chi connectivity index (χ0) is 14.4. The van der Waals surface area contributed by atoms with E-state index in [0.29, 0.717) is 31.1 Å². The molecule has 0 atom stereocenters. The molecule has 0 unspecified atom stereocenters. The number of aromatic nitrogens is 2. The number of benzene rings is 1. The average Bonchev–Trinajstić information content (AvgIpc) is 2.93. The molecule has 0 fully saturated rings. The van der Waals surface area contributed by atoms with Gasteiger partial charge in [-0.3, -0.25) is 0 Å². The van der Waals surface area contributed by atoms with Gasteiger partial charge in [-0.2, -0.15) is 4.98 Å². The highest BCUT2D eigenvalue weighted by Crippen LogP contribution is 2.15. The Morgan fingerprint density at radius 2 is 2.00 bits per heavy atom. The third kappa shape index (κ3) is 4.14. The van der Waals surface area contributed by atoms with E-state index in [1.165, 1.54) is 0 Å². The Kier molecular flexibility index (Phi) is 4.86. The van der Waals surface area contributed by atoms with Crippen molar-refractivity contribution in [3.8, 4) is 11.4 Å². The number of nitrogens with one attached hydrogen (secondary N) is 1. The summed E-state index contributed by atoms with van der Waals surface area (Å²) >= 11 is 0. The Balaban J connectivity index is 1.85. The first-order chi connectivity index (χ1) is 9.61. The first kappa shape index (κ1) is 14.7. The largest absolute Gasteiger partial charge is 0.339 e. The Morgan fingerprint density at radius 1 is 1.25 bits per heavy atom. The molecule has 108 valence electrons. The van der Waals surface area contributed by atoms with Gasteiger partial charge in [-0.25, -0.2) is 13.1 Å². The Labute approximate surface area is 118 Å². The Bertz CT molecular complexity index is 638. The molecule has 1 aromatic carbocycles. The number of sulfonamides is 1. The highest BCUT2D eigenvalue weighted by Gasteiger charge is 2.09. The van der Waals surface area contributed by atoms with E-state index in [9.17, 15) is 8.42 Å². The molecular weight excluding hydrogens is 278 g/mol. The predicted molar refractivity (Wildman–Crippen MR) is 75.5 cm³/mol. The van der Waals surface area contributed by atoms with Gasteiger partial charge in [-0.05, 0) is 13.3 Å². The van der Waals surface area contributed by atoms with Crippen LogP contribution in [0.25, 0.3) is 11.4 Å². The van der Waals surface area contributed by atoms with Crippen molar-refractivity contribution in [2.75, 3.05) is 12.3 Å². The van der Waals surface area contributed by atoms with E-state index in [-0.39, 0.29) is 5.75 Å². The molecule has 0 saturated heterocycles. The molecule has 1 N–H and O–H groups in total. The Hall–Kier alpha value is -1.73. The number of hydrogen-bond donors (Lipinski definition) is 1. The molecule has 0 aliphatic heterocycles. The molecule has 2 aromatic rings. The maximum atomic E-state index is 11.2. The minimum Gasteiger partial charge on any atom is -0.339 e. The van der Waals surface area contributed by atoms with Crippen molar-refractivity contribution in [3.63, 3.8) is 0 Å². The monoisotopic (exact) mass is 295 g/mol. The first-order valence-electron chi connectivity index (χ1n) is 6.46. The molecule has 7 heteroatoms. The van der Waals surface area contributed by atoms with Gasteiger partial charge in [0.2, 0.25) is 21.7 Å². The number of aryl methyl sites for hydroxylation is 1. The lowest BCUT2D eigenvalue weighted by atomic mass is 10.2. The van der Waals surface area contributed by atoms with Crippen LogP contribution in [0.4, 0.5) is 0 Å². The van der Waals surface area contributed by atoms with E-state index in [4.69, 9.17) is 4.52 Å². The molecule has 0 amide bonds. The van der Waals surface area contributed by atoms with Crippen LogP contribution >= 0.6 is 0 Å². The van der Waals surface area contributed by atoms with E-state index >= 15 is 0 Å². The van der Waals surface area contributed by atoms with Gasteiger partial charge in [0.15, 0.2) is 0 Å². The lowest BCUT2D eigenvalue weighted by molar-refractivity contribution is 0.376. The Morgan fingerprint density at radius 3 is 2.70 bits per heavy atom. The van der Waals surface area contributed by atoms with Crippen molar-refractivity contribution >= 4 is 10.0 Å². The fraction of sp³-hybridized carbons (Fsp3) is 0.385. The second-order valence-corrected chi connectivity index (χ2v) is 6.37. The fourth-order valence-corrected chi connectivity index (χ4v) is 2.29. The standard InChI is InChI=1S/C13H17N3O3S/c1-2-20(17,18)14-10-6-9-12-15-13(16-19-12)11-7-4-3-5-8-11/h3-5,7-8,14H,2,6,9-10H2,1H3. The SMILES string of the molecule is CCS(=O)(=O)NCCCc1nc(-c2ccccc2)no1. The van der Waals surface area contributed by atoms with E-state index < -0.39 is 10.0 Å². The zero-order valence-electron chi connectivity index (χ0n) is 11.2. The van der Waals surface area contributed by atoms with Crippen LogP contribution in [0.5, 0.6) is 0 Å². The molecule has 2 rings (SSSR count). The van der Waals surface area contributed by atoms with Crippen LogP contribution in [-0.2, 0) is 16.4 Å². The summed E-state index contributed by atoms with van der Waals surface area (Å²) in [7, 11) is -3.13. The molecule has 0 spiro atoms. The van der Waals surface area contributed by atoms with Crippen LogP contribution < -0.4 is 4.72 Å². The van der Waals surface area contributed by atoms with Crippen LogP contribution in [0.3, 0.4) is 0 Å². The van der Waals surface area contributed by atoms with Crippen LogP contribution in [-0.4, -0.2) is 30.9 Å². The quantitative estimate of drug-likeness (QED) is 0.784. The van der Waals surface area contributed by atoms with Crippen LogP contribution in [0.1, 0.15) is 19.2 Å². The molecule has 0 aliphatic carbocycles. The maximum absolute atomic E-state index is 11.2. The summed E-state index contributed by atoms with van der Waals surface area (Å²) in [5, 5.41) is 3.91. The summed E-state index contributed by atoms with van der Waals surface area (Å²) in [6.45, 7) is 1.98. The van der Waals surface area contributed by atoms with Crippen molar-refractivity contribution in [3.05, 3.63) is 36.2 Å². The van der Waals surface area contributed by atoms with E-state index in [2.05, 4.69) is 14.9 Å². The van der Waals surface area contributed by atoms with Gasteiger partial charge in [-0.15, -0.1) is 0 Å². The summed E-state index contributed by atoms with van der Waals surface area (Å²) in [5.74, 6) is 1.15. The zero-order valence-corrected chi connectivity index (χ0v) is 12.1. The molecule has 20 heavy (non-hydrogen) atoms. The second-order valence-electron chi connectivity index (χ2n) is 4.28. The lowest BCUT2D eigenvalue weighted by Crippen LogP contribution is -2.26. The van der Waals surface area contributed by atoms with Gasteiger partial charge in [-0.1, -0.05) is 35.5 Å². The third-order valence-electron chi connectivity index (χ3n) is 2.77. The molecule has 1 heterocycles. The van der Waals surface area contributed by atoms with Gasteiger partial charge < -0.3 is 4.52 Å². The molecule has 0 radical (unpaired) electrons. The van der Waals surface area contributed by atoms with Crippen molar-refractivity contribution in [2.45, 2.75) is 19.8 Å². The average molecular weight is 295 g/mol. The van der Waals surface area contributed by atoms with Gasteiger partial charge in [0, 0.05) is 18.5 Å². The number of hydrogen-bond acceptors (Lipinski definition) is 5. The van der Waals surface area contributed by atoms with E-state index in [1.807, 2.05) is 30.3 Å². The van der Waals surface area contributed by atoms with Crippen molar-refractivity contribution < 1.29 is 12.9 Å². The maximum Gasteiger partial charge on any atom is 0.227 e. The molecule has 0 saturated carbocycles. The molecular formula is C13H17N3O3S. The van der Waals surface area contributed by atoms with Crippen molar-refractivity contribution in [1.29, 1.82) is 0 Å². The topological polar surface area (TPSA) is 85.1 Å². The highest BCUT2D eigenvalue weighted by molar-refractivity contribution is 7.89. The second kappa shape index (κ2) is 6.62. The van der Waals surface area contributed by atoms with Gasteiger partial charge >= 0.3 is 0 Å². The smallest absolute Gasteiger partial charge is 0.227 e. The summed E-state index contributed by atoms with van der Waals surface area (Å²) in [5.41, 5.74) is 0.897. The van der Waals surface area contributed by atoms with E-state index in [0.717, 1.165) is 5.56 Å². The van der Waals surface area contributed by atoms with Gasteiger partial charge in [0.25, 0.3) is 0 Å². The van der Waals surface area contributed by atoms with Gasteiger partial charge in [0.05, 0.1) is 5.75 Å². The minimum absolute atomic E-state index is 0.0890. The summed E-state index contributed by atoms with van der Waals surface area (Å²) < 4.78 is 30.1. The van der Waals surface area contributed by atoms with Gasteiger partial charge in [0.1, 0.15) is 0 Å². The molecule has 0 bridgehead atoms. The molecule has 0 aliphatic rings. The summed E-state index contributed by atoms with van der Waals surface area (Å²) in [6, 6.07) is 9.55. The molecule has 6 nitrogen and oxygen atoms in total. The highest BCUT2D eigenvalue weighted by atomic mass is 32.2. The predicted octanol–water partition coefficient (Wildman–Crippen LogP) is 1.61. The lowest BCUT2D eigenvalue weighted by Gasteiger charge is -2.01. The van der Waals surface area contributed by atoms with E-state index in [1.54, 1.807) is 6.92 Å². The minimum atomic E-state index is -3.13. The summed E-state index contributed by atoms with van der Waals surface area (Å²) in [4.78, 5) is 4.28. The van der Waals surface area contributed by atoms with Crippen LogP contribution in [0.2, 0.25) is 0 Å². The normalized spacial score (nSPS) is 11.7. The summed E-state index contributed by atoms with van der Waals surface area (Å²) in [6.07, 6.45) is 1.17. The number of nitrogens with zero attached hydrogens (tertiary/aromatic N) is 2. The van der Waals surface area contributed by atoms with Crippen LogP contribution in [0, 0.1) is 0 Å². The number of rotatable bonds is 7. The van der Waals surface area contributed by atoms with Crippen molar-refractivity contribution in [1.82, 2.24) is 14.9 Å². The first-order valence-corrected chi connectivity index (χ1v) is 8.11. The molecule has 1 aromatic heterocycles. The van der Waals surface area contributed by atoms with Crippen molar-refractivity contribution in [2.24, 2.45) is 0 Å². The van der Waals surface area contributed by atoms with Crippen LogP contribution in [0.15, 0.2) is 34.9 Å². The fourth-order valence-electron chi connectivity index (χ4n) is 1.63. The third-order valence-corrected chi connectivity index (χ3v) is 4.17.